The van der Waals surface area contributed by atoms with Crippen LogP contribution in [0, 0.1) is 5.92 Å². The molecule has 0 aromatic carbocycles. The first-order chi connectivity index (χ1) is 12.7. The molecule has 3 aliphatic rings. The Morgan fingerprint density at radius 3 is 2.58 bits per heavy atom. The molecular weight excluding hydrogens is 348 g/mol. The van der Waals surface area contributed by atoms with E-state index < -0.39 is 0 Å². The Hall–Kier alpha value is -0.500. The van der Waals surface area contributed by atoms with Gasteiger partial charge in [0, 0.05) is 64.3 Å². The van der Waals surface area contributed by atoms with E-state index >= 15 is 0 Å². The van der Waals surface area contributed by atoms with Crippen molar-refractivity contribution in [1.82, 2.24) is 15.1 Å². The first-order valence-corrected chi connectivity index (χ1v) is 11.2. The van der Waals surface area contributed by atoms with Crippen LogP contribution in [0.1, 0.15) is 26.2 Å². The van der Waals surface area contributed by atoms with Crippen molar-refractivity contribution in [1.29, 1.82) is 0 Å². The number of hydrogen-bond donors (Lipinski definition) is 1. The van der Waals surface area contributed by atoms with Gasteiger partial charge >= 0.3 is 0 Å². The van der Waals surface area contributed by atoms with Crippen LogP contribution in [-0.2, 0) is 9.47 Å². The van der Waals surface area contributed by atoms with Gasteiger partial charge in [-0.15, -0.1) is 0 Å². The standard InChI is InChI=1S/C19H36N4O2S/c1-3-26-19(5-10-24-11-6-19)16-21-18(20-2)23-7-4-17(15-23)14-22-8-12-25-13-9-22/h17H,3-16H2,1-2H3,(H,20,21). The molecule has 3 aliphatic heterocycles. The van der Waals surface area contributed by atoms with Crippen LogP contribution in [0.2, 0.25) is 0 Å². The number of guanidine groups is 1. The van der Waals surface area contributed by atoms with Gasteiger partial charge in [-0.2, -0.15) is 11.8 Å². The van der Waals surface area contributed by atoms with Crippen LogP contribution in [0.5, 0.6) is 0 Å². The van der Waals surface area contributed by atoms with Crippen molar-refractivity contribution in [3.05, 3.63) is 0 Å². The Bertz CT molecular complexity index is 445. The summed E-state index contributed by atoms with van der Waals surface area (Å²) in [5, 5.41) is 3.70. The third-order valence-electron chi connectivity index (χ3n) is 5.84. The highest BCUT2D eigenvalue weighted by Crippen LogP contribution is 2.34. The predicted molar refractivity (Wildman–Crippen MR) is 109 cm³/mol. The number of nitrogens with one attached hydrogen (secondary N) is 1. The second-order valence-electron chi connectivity index (χ2n) is 7.64. The molecule has 0 aliphatic carbocycles. The Labute approximate surface area is 163 Å². The van der Waals surface area contributed by atoms with Gasteiger partial charge in [0.2, 0.25) is 0 Å². The molecule has 26 heavy (non-hydrogen) atoms. The predicted octanol–water partition coefficient (Wildman–Crippen LogP) is 1.52. The monoisotopic (exact) mass is 384 g/mol. The number of aliphatic imine (C=N–C) groups is 1. The highest BCUT2D eigenvalue weighted by Gasteiger charge is 2.34. The van der Waals surface area contributed by atoms with Crippen LogP contribution in [0.15, 0.2) is 4.99 Å². The smallest absolute Gasteiger partial charge is 0.193 e. The molecule has 0 spiro atoms. The average molecular weight is 385 g/mol. The fraction of sp³-hybridized carbons (Fsp3) is 0.947. The van der Waals surface area contributed by atoms with Crippen molar-refractivity contribution in [3.63, 3.8) is 0 Å². The largest absolute Gasteiger partial charge is 0.381 e. The number of thioether (sulfide) groups is 1. The number of likely N-dealkylation sites (tertiary alicyclic amines) is 1. The number of ether oxygens (including phenoxy) is 2. The molecule has 7 heteroatoms. The summed E-state index contributed by atoms with van der Waals surface area (Å²) >= 11 is 2.08. The third kappa shape index (κ3) is 5.50. The maximum absolute atomic E-state index is 5.59. The maximum atomic E-state index is 5.59. The number of hydrogen-bond acceptors (Lipinski definition) is 5. The average Bonchev–Trinajstić information content (AvgIpc) is 3.12. The van der Waals surface area contributed by atoms with E-state index in [0.717, 1.165) is 89.6 Å². The van der Waals surface area contributed by atoms with E-state index in [1.165, 1.54) is 13.0 Å². The molecule has 0 aromatic heterocycles. The van der Waals surface area contributed by atoms with Gasteiger partial charge in [0.15, 0.2) is 5.96 Å². The SMILES string of the molecule is CCSC1(CNC(=NC)N2CCC(CN3CCOCC3)C2)CCOCC1. The molecule has 3 fully saturated rings. The summed E-state index contributed by atoms with van der Waals surface area (Å²) in [6, 6.07) is 0. The number of morpholine rings is 1. The molecule has 0 aromatic rings. The molecule has 150 valence electrons. The summed E-state index contributed by atoms with van der Waals surface area (Å²) < 4.78 is 11.4. The molecule has 1 N–H and O–H groups in total. The van der Waals surface area contributed by atoms with Crippen molar-refractivity contribution in [3.8, 4) is 0 Å². The van der Waals surface area contributed by atoms with Crippen molar-refractivity contribution >= 4 is 17.7 Å². The van der Waals surface area contributed by atoms with Crippen LogP contribution in [0.4, 0.5) is 0 Å². The van der Waals surface area contributed by atoms with Crippen molar-refractivity contribution in [2.45, 2.75) is 30.9 Å². The van der Waals surface area contributed by atoms with E-state index in [9.17, 15) is 0 Å². The van der Waals surface area contributed by atoms with Crippen molar-refractivity contribution in [2.75, 3.05) is 78.5 Å². The third-order valence-corrected chi connectivity index (χ3v) is 7.29. The van der Waals surface area contributed by atoms with Gasteiger partial charge in [0.25, 0.3) is 0 Å². The second-order valence-corrected chi connectivity index (χ2v) is 9.37. The van der Waals surface area contributed by atoms with Crippen LogP contribution >= 0.6 is 11.8 Å². The quantitative estimate of drug-likeness (QED) is 0.553. The van der Waals surface area contributed by atoms with Gasteiger partial charge in [0.05, 0.1) is 13.2 Å². The maximum Gasteiger partial charge on any atom is 0.193 e. The fourth-order valence-corrected chi connectivity index (χ4v) is 5.56. The van der Waals surface area contributed by atoms with Gasteiger partial charge in [-0.1, -0.05) is 6.92 Å². The van der Waals surface area contributed by atoms with E-state index in [4.69, 9.17) is 9.47 Å². The first-order valence-electron chi connectivity index (χ1n) is 10.2. The summed E-state index contributed by atoms with van der Waals surface area (Å²) in [5.41, 5.74) is 0. The normalized spacial score (nSPS) is 27.7. The van der Waals surface area contributed by atoms with Gasteiger partial charge < -0.3 is 19.7 Å². The molecule has 6 nitrogen and oxygen atoms in total. The first kappa shape index (κ1) is 20.2. The Morgan fingerprint density at radius 1 is 1.15 bits per heavy atom. The molecule has 3 saturated heterocycles. The van der Waals surface area contributed by atoms with Gasteiger partial charge in [-0.3, -0.25) is 9.89 Å². The molecular formula is C19H36N4O2S. The molecule has 3 heterocycles. The minimum atomic E-state index is 0.301. The van der Waals surface area contributed by atoms with Crippen LogP contribution in [0.25, 0.3) is 0 Å². The zero-order valence-electron chi connectivity index (χ0n) is 16.5. The highest BCUT2D eigenvalue weighted by molar-refractivity contribution is 8.00. The lowest BCUT2D eigenvalue weighted by molar-refractivity contribution is 0.0315. The summed E-state index contributed by atoms with van der Waals surface area (Å²) in [7, 11) is 1.92. The number of rotatable bonds is 6. The van der Waals surface area contributed by atoms with Crippen LogP contribution in [0.3, 0.4) is 0 Å². The summed E-state index contributed by atoms with van der Waals surface area (Å²) in [5.74, 6) is 2.98. The number of nitrogens with zero attached hydrogens (tertiary/aromatic N) is 3. The Morgan fingerprint density at radius 2 is 1.88 bits per heavy atom. The summed E-state index contributed by atoms with van der Waals surface area (Å²) in [4.78, 5) is 9.60. The lowest BCUT2D eigenvalue weighted by atomic mass is 9.99. The van der Waals surface area contributed by atoms with Gasteiger partial charge in [-0.05, 0) is 30.9 Å². The van der Waals surface area contributed by atoms with Gasteiger partial charge in [0.1, 0.15) is 0 Å². The minimum absolute atomic E-state index is 0.301. The van der Waals surface area contributed by atoms with E-state index in [0.29, 0.717) is 4.75 Å². The molecule has 0 radical (unpaired) electrons. The Kier molecular flexibility index (Phi) is 7.91. The molecule has 3 rings (SSSR count). The van der Waals surface area contributed by atoms with Crippen molar-refractivity contribution < 1.29 is 9.47 Å². The molecule has 0 amide bonds. The second kappa shape index (κ2) is 10.2. The van der Waals surface area contributed by atoms with E-state index in [1.807, 2.05) is 7.05 Å². The van der Waals surface area contributed by atoms with Crippen molar-refractivity contribution in [2.24, 2.45) is 10.9 Å². The molecule has 1 atom stereocenters. The lowest BCUT2D eigenvalue weighted by Gasteiger charge is -2.37. The molecule has 0 saturated carbocycles. The summed E-state index contributed by atoms with van der Waals surface area (Å²) in [6.45, 7) is 12.4. The highest BCUT2D eigenvalue weighted by atomic mass is 32.2. The molecule has 1 unspecified atom stereocenters. The zero-order chi connectivity index (χ0) is 18.2. The van der Waals surface area contributed by atoms with E-state index in [2.05, 4.69) is 38.8 Å². The summed E-state index contributed by atoms with van der Waals surface area (Å²) in [6.07, 6.45) is 3.53. The van der Waals surface area contributed by atoms with E-state index in [1.54, 1.807) is 0 Å². The molecule has 0 bridgehead atoms. The zero-order valence-corrected chi connectivity index (χ0v) is 17.4. The van der Waals surface area contributed by atoms with Crippen LogP contribution in [-0.4, -0.2) is 99.0 Å². The lowest BCUT2D eigenvalue weighted by Crippen LogP contribution is -2.49. The van der Waals surface area contributed by atoms with E-state index in [-0.39, 0.29) is 0 Å². The minimum Gasteiger partial charge on any atom is -0.381 e. The fourth-order valence-electron chi connectivity index (χ4n) is 4.32. The Balaban J connectivity index is 1.47. The topological polar surface area (TPSA) is 49.3 Å². The van der Waals surface area contributed by atoms with Crippen LogP contribution < -0.4 is 5.32 Å². The van der Waals surface area contributed by atoms with Gasteiger partial charge in [-0.25, -0.2) is 0 Å².